The van der Waals surface area contributed by atoms with Gasteiger partial charge in [0.2, 0.25) is 0 Å². The Hall–Kier alpha value is -1.17. The van der Waals surface area contributed by atoms with E-state index >= 15 is 0 Å². The highest BCUT2D eigenvalue weighted by molar-refractivity contribution is 7.85. The summed E-state index contributed by atoms with van der Waals surface area (Å²) in [5.41, 5.74) is 5.67. The largest absolute Gasteiger partial charge is 0.328 e. The molecule has 96 valence electrons. The van der Waals surface area contributed by atoms with E-state index in [4.69, 9.17) is 10.3 Å². The molecule has 1 aromatic carbocycles. The maximum atomic E-state index is 10.8. The van der Waals surface area contributed by atoms with Crippen molar-refractivity contribution in [2.75, 3.05) is 0 Å². The van der Waals surface area contributed by atoms with Gasteiger partial charge in [0.1, 0.15) is 0 Å². The molecule has 1 aromatic rings. The molecule has 0 radical (unpaired) electrons. The second kappa shape index (κ2) is 7.21. The number of benzene rings is 1. The molecule has 0 aromatic heterocycles. The van der Waals surface area contributed by atoms with Crippen LogP contribution in [0.15, 0.2) is 41.8 Å². The molecule has 0 saturated carbocycles. The van der Waals surface area contributed by atoms with E-state index in [1.165, 1.54) is 6.07 Å². The minimum atomic E-state index is -4.10. The van der Waals surface area contributed by atoms with Crippen molar-refractivity contribution in [3.63, 3.8) is 0 Å². The Balaban J connectivity index is 0.000000557. The topological polar surface area (TPSA) is 80.4 Å². The molecule has 0 unspecified atom stereocenters. The van der Waals surface area contributed by atoms with Crippen molar-refractivity contribution in [2.45, 2.75) is 31.2 Å². The normalized spacial score (nSPS) is 10.6. The van der Waals surface area contributed by atoms with E-state index in [0.717, 1.165) is 0 Å². The first kappa shape index (κ1) is 15.8. The van der Waals surface area contributed by atoms with Gasteiger partial charge >= 0.3 is 0 Å². The molecular formula is C12H19NO3S. The van der Waals surface area contributed by atoms with Gasteiger partial charge in [0.25, 0.3) is 10.1 Å². The zero-order valence-electron chi connectivity index (χ0n) is 10.1. The van der Waals surface area contributed by atoms with Gasteiger partial charge in [0.05, 0.1) is 4.90 Å². The molecule has 0 aliphatic carbocycles. The molecule has 0 spiro atoms. The molecule has 1 rings (SSSR count). The molecule has 0 fully saturated rings. The highest BCUT2D eigenvalue weighted by atomic mass is 32.2. The Morgan fingerprint density at radius 3 is 2.29 bits per heavy atom. The number of hydrogen-bond acceptors (Lipinski definition) is 3. The summed E-state index contributed by atoms with van der Waals surface area (Å²) in [5, 5.41) is 0. The van der Waals surface area contributed by atoms with Crippen molar-refractivity contribution in [1.82, 2.24) is 0 Å². The fraction of sp³-hybridized carbons (Fsp3) is 0.333. The summed E-state index contributed by atoms with van der Waals surface area (Å²) in [7, 11) is -4.10. The summed E-state index contributed by atoms with van der Waals surface area (Å²) in [4.78, 5) is -0.0464. The van der Waals surface area contributed by atoms with Gasteiger partial charge in [-0.3, -0.25) is 4.55 Å². The Labute approximate surface area is 103 Å². The monoisotopic (exact) mass is 257 g/mol. The Morgan fingerprint density at radius 2 is 1.88 bits per heavy atom. The van der Waals surface area contributed by atoms with Crippen LogP contribution in [0.25, 0.3) is 0 Å². The van der Waals surface area contributed by atoms with Crippen molar-refractivity contribution in [2.24, 2.45) is 5.73 Å². The van der Waals surface area contributed by atoms with Gasteiger partial charge < -0.3 is 5.73 Å². The maximum absolute atomic E-state index is 10.8. The van der Waals surface area contributed by atoms with Crippen LogP contribution in [-0.4, -0.2) is 19.0 Å². The van der Waals surface area contributed by atoms with E-state index in [-0.39, 0.29) is 4.90 Å². The minimum Gasteiger partial charge on any atom is -0.328 e. The lowest BCUT2D eigenvalue weighted by Crippen LogP contribution is -2.06. The predicted molar refractivity (Wildman–Crippen MR) is 69.5 cm³/mol. The highest BCUT2D eigenvalue weighted by Crippen LogP contribution is 2.15. The van der Waals surface area contributed by atoms with E-state index in [9.17, 15) is 8.42 Å². The van der Waals surface area contributed by atoms with Crippen LogP contribution < -0.4 is 5.73 Å². The van der Waals surface area contributed by atoms with Crippen LogP contribution in [0, 0.1) is 0 Å². The summed E-state index contributed by atoms with van der Waals surface area (Å²) < 4.78 is 30.5. The third-order valence-electron chi connectivity index (χ3n) is 1.61. The lowest BCUT2D eigenvalue weighted by molar-refractivity contribution is 0.482. The lowest BCUT2D eigenvalue weighted by Gasteiger charge is -2.02. The number of hydrogen-bond donors (Lipinski definition) is 2. The first-order valence-corrected chi connectivity index (χ1v) is 6.65. The molecule has 0 atom stereocenters. The van der Waals surface area contributed by atoms with E-state index in [1.807, 2.05) is 13.8 Å². The molecule has 5 heteroatoms. The van der Waals surface area contributed by atoms with Crippen molar-refractivity contribution in [3.8, 4) is 0 Å². The quantitative estimate of drug-likeness (QED) is 0.641. The lowest BCUT2D eigenvalue weighted by atomic mass is 10.1. The zero-order chi connectivity index (χ0) is 13.5. The minimum absolute atomic E-state index is 0.0464. The third kappa shape index (κ3) is 6.88. The SMILES string of the molecule is C=CCc1ccccc1S(=O)(=O)O.CC(C)N. The molecule has 3 N–H and O–H groups in total. The van der Waals surface area contributed by atoms with Crippen molar-refractivity contribution < 1.29 is 13.0 Å². The number of rotatable bonds is 3. The van der Waals surface area contributed by atoms with E-state index < -0.39 is 10.1 Å². The summed E-state index contributed by atoms with van der Waals surface area (Å²) in [5.74, 6) is 0. The number of nitrogens with two attached hydrogens (primary N) is 1. The summed E-state index contributed by atoms with van der Waals surface area (Å²) in [6.07, 6.45) is 2.01. The molecule has 0 saturated heterocycles. The average molecular weight is 257 g/mol. The van der Waals surface area contributed by atoms with Gasteiger partial charge in [-0.15, -0.1) is 6.58 Å². The van der Waals surface area contributed by atoms with Crippen molar-refractivity contribution in [1.29, 1.82) is 0 Å². The van der Waals surface area contributed by atoms with Crippen LogP contribution in [0.5, 0.6) is 0 Å². The Bertz CT molecular complexity index is 450. The standard InChI is InChI=1S/C9H10O3S.C3H9N/c1-2-5-8-6-3-4-7-9(8)13(10,11)12;1-3(2)4/h2-4,6-7H,1,5H2,(H,10,11,12);3H,4H2,1-2H3. The van der Waals surface area contributed by atoms with Gasteiger partial charge in [-0.25, -0.2) is 0 Å². The first-order chi connectivity index (χ1) is 7.79. The molecule has 0 aliphatic heterocycles. The molecule has 0 aliphatic rings. The second-order valence-corrected chi connectivity index (χ2v) is 5.21. The fourth-order valence-electron chi connectivity index (χ4n) is 1.08. The second-order valence-electron chi connectivity index (χ2n) is 3.82. The third-order valence-corrected chi connectivity index (χ3v) is 2.57. The smallest absolute Gasteiger partial charge is 0.294 e. The Kier molecular flexibility index (Phi) is 6.72. The van der Waals surface area contributed by atoms with Crippen molar-refractivity contribution in [3.05, 3.63) is 42.5 Å². The van der Waals surface area contributed by atoms with Crippen LogP contribution in [-0.2, 0) is 16.5 Å². The average Bonchev–Trinajstić information content (AvgIpc) is 2.16. The zero-order valence-corrected chi connectivity index (χ0v) is 10.9. The predicted octanol–water partition coefficient (Wildman–Crippen LogP) is 2.02. The summed E-state index contributed by atoms with van der Waals surface area (Å²) in [6.45, 7) is 7.39. The van der Waals surface area contributed by atoms with E-state index in [0.29, 0.717) is 18.0 Å². The molecule has 0 bridgehead atoms. The van der Waals surface area contributed by atoms with Crippen molar-refractivity contribution >= 4 is 10.1 Å². The summed E-state index contributed by atoms with van der Waals surface area (Å²) in [6, 6.07) is 6.63. The van der Waals surface area contributed by atoms with Gasteiger partial charge in [-0.1, -0.05) is 38.1 Å². The fourth-order valence-corrected chi connectivity index (χ4v) is 1.81. The molecule has 17 heavy (non-hydrogen) atoms. The van der Waals surface area contributed by atoms with Crippen LogP contribution >= 0.6 is 0 Å². The molecule has 0 amide bonds. The van der Waals surface area contributed by atoms with E-state index in [1.54, 1.807) is 24.3 Å². The Morgan fingerprint density at radius 1 is 1.41 bits per heavy atom. The summed E-state index contributed by atoms with van der Waals surface area (Å²) >= 11 is 0. The van der Waals surface area contributed by atoms with Gasteiger partial charge in [0.15, 0.2) is 0 Å². The van der Waals surface area contributed by atoms with Gasteiger partial charge in [-0.05, 0) is 24.1 Å². The van der Waals surface area contributed by atoms with Crippen LogP contribution in [0.1, 0.15) is 19.4 Å². The van der Waals surface area contributed by atoms with E-state index in [2.05, 4.69) is 6.58 Å². The molecule has 0 heterocycles. The number of allylic oxidation sites excluding steroid dienone is 1. The van der Waals surface area contributed by atoms with Gasteiger partial charge in [0, 0.05) is 0 Å². The molecular weight excluding hydrogens is 238 g/mol. The first-order valence-electron chi connectivity index (χ1n) is 5.21. The van der Waals surface area contributed by atoms with Crippen LogP contribution in [0.3, 0.4) is 0 Å². The maximum Gasteiger partial charge on any atom is 0.294 e. The van der Waals surface area contributed by atoms with Crippen LogP contribution in [0.4, 0.5) is 0 Å². The van der Waals surface area contributed by atoms with Gasteiger partial charge in [-0.2, -0.15) is 8.42 Å². The molecule has 4 nitrogen and oxygen atoms in total. The van der Waals surface area contributed by atoms with Crippen LogP contribution in [0.2, 0.25) is 0 Å². The highest BCUT2D eigenvalue weighted by Gasteiger charge is 2.12.